The van der Waals surface area contributed by atoms with E-state index in [1.54, 1.807) is 0 Å². The van der Waals surface area contributed by atoms with Crippen LogP contribution in [0.15, 0.2) is 0 Å². The summed E-state index contributed by atoms with van der Waals surface area (Å²) in [5.74, 6) is 0. The normalized spacial score (nSPS) is 27.5. The molecule has 0 aliphatic carbocycles. The van der Waals surface area contributed by atoms with Crippen molar-refractivity contribution >= 4 is 0 Å². The second-order valence-electron chi connectivity index (χ2n) is 3.90. The fraction of sp³-hybridized carbons (Fsp3) is 1.00. The average Bonchev–Trinajstić information content (AvgIpc) is 2.28. The van der Waals surface area contributed by atoms with Crippen molar-refractivity contribution in [3.8, 4) is 0 Å². The van der Waals surface area contributed by atoms with Crippen LogP contribution < -0.4 is 0 Å². The minimum atomic E-state index is -0.0949. The number of aliphatic hydroxyl groups excluding tert-OH is 1. The van der Waals surface area contributed by atoms with Crippen LogP contribution in [0, 0.1) is 0 Å². The molecule has 0 aromatic carbocycles. The second-order valence-corrected chi connectivity index (χ2v) is 3.90. The highest BCUT2D eigenvalue weighted by molar-refractivity contribution is 4.55. The van der Waals surface area contributed by atoms with E-state index in [2.05, 4.69) is 13.8 Å². The molecule has 1 unspecified atom stereocenters. The number of hydrogen-bond donors (Lipinski definition) is 1. The van der Waals surface area contributed by atoms with Crippen molar-refractivity contribution in [2.75, 3.05) is 19.6 Å². The molecule has 13 heavy (non-hydrogen) atoms. The van der Waals surface area contributed by atoms with Crippen molar-refractivity contribution in [3.05, 3.63) is 0 Å². The van der Waals surface area contributed by atoms with Gasteiger partial charge in [-0.25, -0.2) is 0 Å². The molecule has 0 bridgehead atoms. The molecule has 1 rings (SSSR count). The molecule has 2 N–H and O–H groups in total. The first-order chi connectivity index (χ1) is 5.75. The third kappa shape index (κ3) is 2.66. The van der Waals surface area contributed by atoms with Crippen LogP contribution in [0.2, 0.25) is 0 Å². The van der Waals surface area contributed by atoms with Gasteiger partial charge in [0.2, 0.25) is 0 Å². The van der Waals surface area contributed by atoms with Gasteiger partial charge in [-0.05, 0) is 33.1 Å². The fourth-order valence-electron chi connectivity index (χ4n) is 2.31. The Morgan fingerprint density at radius 1 is 1.15 bits per heavy atom. The van der Waals surface area contributed by atoms with E-state index in [1.807, 2.05) is 0 Å². The lowest BCUT2D eigenvalue weighted by Crippen LogP contribution is -2.55. The molecule has 1 saturated heterocycles. The van der Waals surface area contributed by atoms with E-state index < -0.39 is 0 Å². The van der Waals surface area contributed by atoms with Gasteiger partial charge in [0.15, 0.2) is 6.23 Å². The van der Waals surface area contributed by atoms with Gasteiger partial charge in [0, 0.05) is 6.42 Å². The Morgan fingerprint density at radius 3 is 2.31 bits per heavy atom. The van der Waals surface area contributed by atoms with Crippen molar-refractivity contribution in [2.45, 2.75) is 45.8 Å². The summed E-state index contributed by atoms with van der Waals surface area (Å²) >= 11 is 0. The zero-order chi connectivity index (χ0) is 9.03. The molecule has 1 aliphatic rings. The van der Waals surface area contributed by atoms with Gasteiger partial charge in [-0.2, -0.15) is 0 Å². The van der Waals surface area contributed by atoms with E-state index >= 15 is 0 Å². The molecular formula is C10H23NO2. The number of aliphatic hydroxyl groups is 1. The Morgan fingerprint density at radius 2 is 1.77 bits per heavy atom. The van der Waals surface area contributed by atoms with Gasteiger partial charge < -0.3 is 10.6 Å². The molecule has 0 aromatic heterocycles. The van der Waals surface area contributed by atoms with Crippen molar-refractivity contribution in [1.29, 1.82) is 0 Å². The SMILES string of the molecule is CC[N+]1(CC)CCCCCC1O.[OH-]. The Bertz CT molecular complexity index is 135. The van der Waals surface area contributed by atoms with Crippen LogP contribution in [0.3, 0.4) is 0 Å². The maximum Gasteiger partial charge on any atom is 0.190 e. The third-order valence-electron chi connectivity index (χ3n) is 3.46. The molecule has 0 saturated carbocycles. The highest BCUT2D eigenvalue weighted by atomic mass is 16.3. The van der Waals surface area contributed by atoms with Gasteiger partial charge in [-0.1, -0.05) is 0 Å². The zero-order valence-electron chi connectivity index (χ0n) is 8.87. The van der Waals surface area contributed by atoms with Gasteiger partial charge >= 0.3 is 0 Å². The molecule has 3 nitrogen and oxygen atoms in total. The largest absolute Gasteiger partial charge is 0.870 e. The molecule has 1 heterocycles. The highest BCUT2D eigenvalue weighted by Gasteiger charge is 2.33. The molecule has 1 aliphatic heterocycles. The van der Waals surface area contributed by atoms with E-state index in [0.29, 0.717) is 0 Å². The molecule has 80 valence electrons. The summed E-state index contributed by atoms with van der Waals surface area (Å²) < 4.78 is 0.931. The summed E-state index contributed by atoms with van der Waals surface area (Å²) in [7, 11) is 0. The van der Waals surface area contributed by atoms with E-state index in [1.165, 1.54) is 25.8 Å². The highest BCUT2D eigenvalue weighted by Crippen LogP contribution is 2.22. The Kier molecular flexibility index (Phi) is 5.53. The maximum absolute atomic E-state index is 9.97. The fourth-order valence-corrected chi connectivity index (χ4v) is 2.31. The summed E-state index contributed by atoms with van der Waals surface area (Å²) in [6.07, 6.45) is 4.71. The quantitative estimate of drug-likeness (QED) is 0.670. The molecule has 1 atom stereocenters. The molecule has 0 spiro atoms. The number of hydrogen-bond acceptors (Lipinski definition) is 2. The summed E-state index contributed by atoms with van der Waals surface area (Å²) in [5.41, 5.74) is 0. The molecule has 0 aromatic rings. The van der Waals surface area contributed by atoms with Gasteiger partial charge in [0.05, 0.1) is 19.6 Å². The van der Waals surface area contributed by atoms with Crippen molar-refractivity contribution in [3.63, 3.8) is 0 Å². The lowest BCUT2D eigenvalue weighted by atomic mass is 10.2. The lowest BCUT2D eigenvalue weighted by molar-refractivity contribution is -0.967. The maximum atomic E-state index is 9.97. The molecular weight excluding hydrogens is 166 g/mol. The Labute approximate surface area is 81.3 Å². The van der Waals surface area contributed by atoms with Crippen LogP contribution in [-0.4, -0.2) is 40.9 Å². The number of quaternary nitrogens is 1. The van der Waals surface area contributed by atoms with Crippen LogP contribution >= 0.6 is 0 Å². The van der Waals surface area contributed by atoms with Crippen LogP contribution in [0.4, 0.5) is 0 Å². The molecule has 3 heteroatoms. The number of rotatable bonds is 2. The van der Waals surface area contributed by atoms with Crippen LogP contribution in [0.25, 0.3) is 0 Å². The first kappa shape index (κ1) is 12.9. The minimum Gasteiger partial charge on any atom is -0.870 e. The minimum absolute atomic E-state index is 0. The second kappa shape index (κ2) is 5.58. The van der Waals surface area contributed by atoms with E-state index in [4.69, 9.17) is 0 Å². The number of nitrogens with zero attached hydrogens (tertiary/aromatic N) is 1. The molecule has 0 amide bonds. The Hall–Kier alpha value is -0.120. The van der Waals surface area contributed by atoms with Gasteiger partial charge in [-0.3, -0.25) is 4.48 Å². The summed E-state index contributed by atoms with van der Waals surface area (Å²) in [4.78, 5) is 0. The number of likely N-dealkylation sites (tertiary alicyclic amines) is 1. The van der Waals surface area contributed by atoms with Crippen molar-refractivity contribution in [2.24, 2.45) is 0 Å². The van der Waals surface area contributed by atoms with E-state index in [9.17, 15) is 5.11 Å². The lowest BCUT2D eigenvalue weighted by Gasteiger charge is -2.39. The van der Waals surface area contributed by atoms with Crippen molar-refractivity contribution in [1.82, 2.24) is 0 Å². The van der Waals surface area contributed by atoms with Crippen LogP contribution in [-0.2, 0) is 0 Å². The third-order valence-corrected chi connectivity index (χ3v) is 3.46. The smallest absolute Gasteiger partial charge is 0.190 e. The Balaban J connectivity index is 0.00000144. The van der Waals surface area contributed by atoms with Gasteiger partial charge in [0.1, 0.15) is 0 Å². The molecule has 0 radical (unpaired) electrons. The predicted molar refractivity (Wildman–Crippen MR) is 52.6 cm³/mol. The molecule has 1 fully saturated rings. The summed E-state index contributed by atoms with van der Waals surface area (Å²) in [6, 6.07) is 0. The van der Waals surface area contributed by atoms with Gasteiger partial charge in [0.25, 0.3) is 0 Å². The van der Waals surface area contributed by atoms with Crippen LogP contribution in [0.1, 0.15) is 39.5 Å². The predicted octanol–water partition coefficient (Wildman–Crippen LogP) is 1.56. The van der Waals surface area contributed by atoms with E-state index in [0.717, 1.165) is 24.0 Å². The first-order valence-electron chi connectivity index (χ1n) is 5.29. The summed E-state index contributed by atoms with van der Waals surface area (Å²) in [6.45, 7) is 7.72. The van der Waals surface area contributed by atoms with E-state index in [-0.39, 0.29) is 11.7 Å². The summed E-state index contributed by atoms with van der Waals surface area (Å²) in [5, 5.41) is 9.97. The first-order valence-corrected chi connectivity index (χ1v) is 5.29. The zero-order valence-corrected chi connectivity index (χ0v) is 8.87. The average molecular weight is 189 g/mol. The van der Waals surface area contributed by atoms with Crippen molar-refractivity contribution < 1.29 is 15.1 Å². The van der Waals surface area contributed by atoms with Gasteiger partial charge in [-0.15, -0.1) is 0 Å². The monoisotopic (exact) mass is 189 g/mol. The topological polar surface area (TPSA) is 50.2 Å². The standard InChI is InChI=1S/C10H22NO.H2O/c1-3-11(4-2)9-7-5-6-8-10(11)12;/h10,12H,3-9H2,1-2H3;1H2/q+1;/p-1. The van der Waals surface area contributed by atoms with Crippen LogP contribution in [0.5, 0.6) is 0 Å².